The van der Waals surface area contributed by atoms with Crippen molar-refractivity contribution in [1.82, 2.24) is 0 Å². The van der Waals surface area contributed by atoms with Gasteiger partial charge in [0.05, 0.1) is 0 Å². The van der Waals surface area contributed by atoms with Gasteiger partial charge in [-0.25, -0.2) is 0 Å². The topological polar surface area (TPSA) is 6.48 Å². The molecular formula is C60H42N2. The third-order valence-electron chi connectivity index (χ3n) is 13.7. The lowest BCUT2D eigenvalue weighted by molar-refractivity contribution is 0.857. The quantitative estimate of drug-likeness (QED) is 0.164. The minimum atomic E-state index is 0.923. The van der Waals surface area contributed by atoms with Crippen LogP contribution in [0.15, 0.2) is 218 Å². The van der Waals surface area contributed by atoms with Crippen molar-refractivity contribution >= 4 is 71.5 Å². The number of para-hydroxylation sites is 3. The fourth-order valence-electron chi connectivity index (χ4n) is 10.9. The Morgan fingerprint density at radius 2 is 0.952 bits per heavy atom. The lowest BCUT2D eigenvalue weighted by atomic mass is 9.83. The van der Waals surface area contributed by atoms with Gasteiger partial charge in [0, 0.05) is 40.6 Å². The summed E-state index contributed by atoms with van der Waals surface area (Å²) in [7, 11) is 0. The summed E-state index contributed by atoms with van der Waals surface area (Å²) in [5, 5.41) is 9.97. The first-order chi connectivity index (χ1) is 30.7. The normalized spacial score (nSPS) is 14.3. The smallest absolute Gasteiger partial charge is 0.0497 e. The molecule has 13 rings (SSSR count). The molecule has 0 saturated carbocycles. The van der Waals surface area contributed by atoms with Crippen LogP contribution in [0.3, 0.4) is 0 Å². The van der Waals surface area contributed by atoms with Crippen molar-refractivity contribution in [2.45, 2.75) is 25.7 Å². The Morgan fingerprint density at radius 1 is 0.371 bits per heavy atom. The SMILES string of the molecule is C1=CC2=C(CC1)Cc1ccccc1N2c1ccc2c(-c3ccc4ccccc4c3)c3cc(N4c5ccccc5Cc5ccccc54)ccc3c(-c3cccc4ccccc34)c2c1. The average molecular weight is 791 g/mol. The summed E-state index contributed by atoms with van der Waals surface area (Å²) in [6.45, 7) is 0. The van der Waals surface area contributed by atoms with E-state index in [4.69, 9.17) is 0 Å². The van der Waals surface area contributed by atoms with Crippen molar-refractivity contribution in [2.75, 3.05) is 9.80 Å². The van der Waals surface area contributed by atoms with E-state index in [1.54, 1.807) is 0 Å². The molecule has 10 aromatic carbocycles. The van der Waals surface area contributed by atoms with E-state index in [0.717, 1.165) is 31.4 Å². The van der Waals surface area contributed by atoms with E-state index >= 15 is 0 Å². The molecule has 10 aromatic rings. The molecule has 0 saturated heterocycles. The lowest BCUT2D eigenvalue weighted by Crippen LogP contribution is -2.24. The van der Waals surface area contributed by atoms with Crippen molar-refractivity contribution < 1.29 is 0 Å². The van der Waals surface area contributed by atoms with Gasteiger partial charge in [0.15, 0.2) is 0 Å². The van der Waals surface area contributed by atoms with Gasteiger partial charge in [-0.2, -0.15) is 0 Å². The standard InChI is InChI=1S/C60H42N2/c1-2-16-41-34-46(29-28-39(41)14-1)59-51-32-30-48(62-57-26-11-6-19-44(57)36-45-20-7-12-27-58(45)62)38-54(51)60(50-23-13-21-40-15-3-8-22-49(40)50)52-33-31-47(37-53(52)59)61-55-24-9-4-17-42(55)35-43-18-5-10-25-56(43)61/h1-6,8-19,21-34,37-38H,7,20,35-36H2. The zero-order valence-corrected chi connectivity index (χ0v) is 34.4. The predicted molar refractivity (Wildman–Crippen MR) is 263 cm³/mol. The van der Waals surface area contributed by atoms with Crippen LogP contribution < -0.4 is 9.80 Å². The Bertz CT molecular complexity index is 3500. The number of anilines is 5. The molecule has 1 aliphatic carbocycles. The van der Waals surface area contributed by atoms with E-state index in [0.29, 0.717) is 0 Å². The Labute approximate surface area is 361 Å². The van der Waals surface area contributed by atoms with Gasteiger partial charge in [-0.1, -0.05) is 152 Å². The van der Waals surface area contributed by atoms with E-state index in [9.17, 15) is 0 Å². The van der Waals surface area contributed by atoms with E-state index in [-0.39, 0.29) is 0 Å². The second-order valence-corrected chi connectivity index (χ2v) is 17.1. The van der Waals surface area contributed by atoms with Crippen LogP contribution in [0.4, 0.5) is 28.4 Å². The fourth-order valence-corrected chi connectivity index (χ4v) is 10.9. The van der Waals surface area contributed by atoms with Crippen molar-refractivity contribution in [3.63, 3.8) is 0 Å². The molecule has 0 radical (unpaired) electrons. The molecule has 0 N–H and O–H groups in total. The van der Waals surface area contributed by atoms with Crippen LogP contribution in [0.25, 0.3) is 65.3 Å². The summed E-state index contributed by atoms with van der Waals surface area (Å²) in [6.07, 6.45) is 8.83. The summed E-state index contributed by atoms with van der Waals surface area (Å²) in [5.41, 5.74) is 18.0. The minimum absolute atomic E-state index is 0.923. The predicted octanol–water partition coefficient (Wildman–Crippen LogP) is 16.3. The second kappa shape index (κ2) is 13.9. The Kier molecular flexibility index (Phi) is 7.90. The summed E-state index contributed by atoms with van der Waals surface area (Å²) < 4.78 is 0. The molecule has 2 heteroatoms. The monoisotopic (exact) mass is 790 g/mol. The van der Waals surface area contributed by atoms with E-state index < -0.39 is 0 Å². The van der Waals surface area contributed by atoms with Gasteiger partial charge < -0.3 is 9.80 Å². The molecule has 0 spiro atoms. The molecule has 0 unspecified atom stereocenters. The molecule has 0 amide bonds. The van der Waals surface area contributed by atoms with Gasteiger partial charge in [0.1, 0.15) is 0 Å². The molecular weight excluding hydrogens is 749 g/mol. The van der Waals surface area contributed by atoms with Crippen LogP contribution in [0.1, 0.15) is 29.5 Å². The number of benzene rings is 10. The van der Waals surface area contributed by atoms with Crippen molar-refractivity contribution in [2.24, 2.45) is 0 Å². The van der Waals surface area contributed by atoms with Gasteiger partial charge in [-0.3, -0.25) is 0 Å². The number of allylic oxidation sites excluding steroid dienone is 3. The molecule has 0 bridgehead atoms. The molecule has 3 aliphatic rings. The maximum absolute atomic E-state index is 2.53. The number of hydrogen-bond donors (Lipinski definition) is 0. The highest BCUT2D eigenvalue weighted by atomic mass is 15.2. The fraction of sp³-hybridized carbons (Fsp3) is 0.0667. The number of nitrogens with zero attached hydrogens (tertiary/aromatic N) is 2. The second-order valence-electron chi connectivity index (χ2n) is 17.1. The summed E-state index contributed by atoms with van der Waals surface area (Å²) in [4.78, 5) is 5.02. The Morgan fingerprint density at radius 3 is 1.71 bits per heavy atom. The number of rotatable bonds is 4. The minimum Gasteiger partial charge on any atom is -0.310 e. The molecule has 0 aromatic heterocycles. The highest BCUT2D eigenvalue weighted by Gasteiger charge is 2.29. The highest BCUT2D eigenvalue weighted by molar-refractivity contribution is 6.25. The van der Waals surface area contributed by atoms with Crippen molar-refractivity contribution in [1.29, 1.82) is 0 Å². The summed E-state index contributed by atoms with van der Waals surface area (Å²) in [5.74, 6) is 0. The van der Waals surface area contributed by atoms with Gasteiger partial charge in [-0.15, -0.1) is 0 Å². The van der Waals surface area contributed by atoms with Crippen LogP contribution in [-0.4, -0.2) is 0 Å². The van der Waals surface area contributed by atoms with Crippen LogP contribution >= 0.6 is 0 Å². The molecule has 0 fully saturated rings. The van der Waals surface area contributed by atoms with Crippen LogP contribution in [0.2, 0.25) is 0 Å². The molecule has 0 atom stereocenters. The Balaban J connectivity index is 1.16. The maximum atomic E-state index is 2.53. The summed E-state index contributed by atoms with van der Waals surface area (Å²) in [6, 6.07) is 72.9. The molecule has 2 aliphatic heterocycles. The van der Waals surface area contributed by atoms with E-state index in [2.05, 4.69) is 216 Å². The van der Waals surface area contributed by atoms with Crippen LogP contribution in [-0.2, 0) is 12.8 Å². The van der Waals surface area contributed by atoms with Crippen LogP contribution in [0.5, 0.6) is 0 Å². The van der Waals surface area contributed by atoms with Gasteiger partial charge >= 0.3 is 0 Å². The largest absolute Gasteiger partial charge is 0.310 e. The van der Waals surface area contributed by atoms with Gasteiger partial charge in [-0.05, 0) is 161 Å². The van der Waals surface area contributed by atoms with E-state index in [1.807, 2.05) is 0 Å². The third kappa shape index (κ3) is 5.43. The molecule has 62 heavy (non-hydrogen) atoms. The Hall–Kier alpha value is -7.68. The number of hydrogen-bond acceptors (Lipinski definition) is 2. The van der Waals surface area contributed by atoms with E-state index in [1.165, 1.54) is 116 Å². The van der Waals surface area contributed by atoms with Crippen LogP contribution in [0, 0.1) is 0 Å². The lowest BCUT2D eigenvalue weighted by Gasteiger charge is -2.36. The summed E-state index contributed by atoms with van der Waals surface area (Å²) >= 11 is 0. The first kappa shape index (κ1) is 35.1. The zero-order valence-electron chi connectivity index (χ0n) is 34.4. The van der Waals surface area contributed by atoms with Gasteiger partial charge in [0.25, 0.3) is 0 Å². The molecule has 292 valence electrons. The first-order valence-electron chi connectivity index (χ1n) is 22.0. The average Bonchev–Trinajstić information content (AvgIpc) is 3.33. The highest BCUT2D eigenvalue weighted by Crippen LogP contribution is 2.51. The third-order valence-corrected chi connectivity index (χ3v) is 13.7. The zero-order chi connectivity index (χ0) is 40.7. The van der Waals surface area contributed by atoms with Crippen molar-refractivity contribution in [3.05, 3.63) is 234 Å². The maximum Gasteiger partial charge on any atom is 0.0497 e. The first-order valence-corrected chi connectivity index (χ1v) is 22.0. The van der Waals surface area contributed by atoms with Gasteiger partial charge in [0.2, 0.25) is 0 Å². The molecule has 2 heterocycles. The number of fused-ring (bicyclic) bond motifs is 7. The van der Waals surface area contributed by atoms with Crippen molar-refractivity contribution in [3.8, 4) is 22.3 Å². The molecule has 2 nitrogen and oxygen atoms in total.